The fourth-order valence-electron chi connectivity index (χ4n) is 3.17. The van der Waals surface area contributed by atoms with Crippen molar-refractivity contribution in [1.29, 1.82) is 0 Å². The normalized spacial score (nSPS) is 17.9. The van der Waals surface area contributed by atoms with Crippen molar-refractivity contribution in [3.05, 3.63) is 29.3 Å². The predicted molar refractivity (Wildman–Crippen MR) is 104 cm³/mol. The number of nitrogens with zero attached hydrogens (tertiary/aromatic N) is 3. The highest BCUT2D eigenvalue weighted by atomic mass is 16.6. The Bertz CT molecular complexity index is 679. The quantitative estimate of drug-likeness (QED) is 0.812. The largest absolute Gasteiger partial charge is 0.444 e. The van der Waals surface area contributed by atoms with E-state index in [0.717, 1.165) is 24.3 Å². The predicted octanol–water partition coefficient (Wildman–Crippen LogP) is 3.14. The third-order valence-electron chi connectivity index (χ3n) is 4.45. The number of hydrogen-bond acceptors (Lipinski definition) is 4. The van der Waals surface area contributed by atoms with Crippen molar-refractivity contribution in [3.8, 4) is 0 Å². The molecule has 0 radical (unpaired) electrons. The van der Waals surface area contributed by atoms with E-state index < -0.39 is 5.60 Å². The average Bonchev–Trinajstić information content (AvgIpc) is 2.52. The highest BCUT2D eigenvalue weighted by Gasteiger charge is 2.31. The summed E-state index contributed by atoms with van der Waals surface area (Å²) in [5.74, 6) is 0.00256. The molecule has 1 aliphatic heterocycles. The van der Waals surface area contributed by atoms with E-state index in [-0.39, 0.29) is 18.0 Å². The molecule has 0 bridgehead atoms. The first kappa shape index (κ1) is 20.1. The molecule has 6 heteroatoms. The molecule has 0 aromatic heterocycles. The van der Waals surface area contributed by atoms with Crippen LogP contribution in [0.5, 0.6) is 0 Å². The number of benzene rings is 1. The maximum atomic E-state index is 12.4. The zero-order chi connectivity index (χ0) is 19.6. The number of carbonyl (C=O) groups is 2. The lowest BCUT2D eigenvalue weighted by Crippen LogP contribution is -2.55. The summed E-state index contributed by atoms with van der Waals surface area (Å²) < 4.78 is 5.50. The molecular formula is C20H31N3O3. The summed E-state index contributed by atoms with van der Waals surface area (Å²) in [4.78, 5) is 30.1. The van der Waals surface area contributed by atoms with Crippen LogP contribution in [0.4, 0.5) is 10.5 Å². The van der Waals surface area contributed by atoms with Crippen molar-refractivity contribution in [1.82, 2.24) is 9.80 Å². The lowest BCUT2D eigenvalue weighted by atomic mass is 10.1. The highest BCUT2D eigenvalue weighted by Crippen LogP contribution is 2.25. The van der Waals surface area contributed by atoms with E-state index >= 15 is 0 Å². The van der Waals surface area contributed by atoms with Gasteiger partial charge in [-0.05, 0) is 58.4 Å². The van der Waals surface area contributed by atoms with Gasteiger partial charge in [-0.15, -0.1) is 0 Å². The summed E-state index contributed by atoms with van der Waals surface area (Å²) in [5.41, 5.74) is 2.38. The number of rotatable bonds is 2. The molecule has 0 unspecified atom stereocenters. The van der Waals surface area contributed by atoms with Gasteiger partial charge < -0.3 is 19.4 Å². The first-order valence-electron chi connectivity index (χ1n) is 9.06. The minimum absolute atomic E-state index is 0.00256. The van der Waals surface area contributed by atoms with Gasteiger partial charge in [0.05, 0.1) is 0 Å². The number of amides is 2. The van der Waals surface area contributed by atoms with Crippen molar-refractivity contribution >= 4 is 17.7 Å². The first-order chi connectivity index (χ1) is 12.0. The van der Waals surface area contributed by atoms with Crippen molar-refractivity contribution < 1.29 is 14.3 Å². The Labute approximate surface area is 156 Å². The minimum Gasteiger partial charge on any atom is -0.444 e. The van der Waals surface area contributed by atoms with Crippen molar-refractivity contribution in [2.24, 2.45) is 0 Å². The fraction of sp³-hybridized carbons (Fsp3) is 0.600. The Balaban J connectivity index is 2.09. The van der Waals surface area contributed by atoms with Gasteiger partial charge in [-0.3, -0.25) is 4.79 Å². The van der Waals surface area contributed by atoms with Crippen LogP contribution in [0.2, 0.25) is 0 Å². The molecule has 6 nitrogen and oxygen atoms in total. The Hall–Kier alpha value is -2.24. The third kappa shape index (κ3) is 4.68. The molecule has 1 aliphatic rings. The molecule has 0 aliphatic carbocycles. The zero-order valence-electron chi connectivity index (χ0n) is 17.0. The van der Waals surface area contributed by atoms with Gasteiger partial charge >= 0.3 is 6.09 Å². The maximum absolute atomic E-state index is 12.4. The van der Waals surface area contributed by atoms with Gasteiger partial charge in [-0.2, -0.15) is 0 Å². The third-order valence-corrected chi connectivity index (χ3v) is 4.45. The summed E-state index contributed by atoms with van der Waals surface area (Å²) in [7, 11) is 3.51. The number of anilines is 1. The summed E-state index contributed by atoms with van der Waals surface area (Å²) in [6, 6.07) is 5.86. The molecule has 1 aromatic carbocycles. The monoisotopic (exact) mass is 361 g/mol. The standard InChI is InChI=1S/C20H31N3O3/c1-14-12-16(18(24)21(6)7)8-9-17(14)22-10-11-23(15(2)13-22)19(25)26-20(3,4)5/h8-9,12,15H,10-11,13H2,1-7H3/t15-/m0/s1. The molecule has 0 spiro atoms. The van der Waals surface area contributed by atoms with E-state index in [1.54, 1.807) is 23.9 Å². The van der Waals surface area contributed by atoms with Gasteiger partial charge in [-0.25, -0.2) is 4.79 Å². The van der Waals surface area contributed by atoms with Gasteiger partial charge in [0, 0.05) is 51.0 Å². The summed E-state index contributed by atoms with van der Waals surface area (Å²) >= 11 is 0. The molecule has 0 saturated carbocycles. The fourth-order valence-corrected chi connectivity index (χ4v) is 3.17. The molecule has 1 fully saturated rings. The molecule has 0 N–H and O–H groups in total. The van der Waals surface area contributed by atoms with Crippen LogP contribution in [0.25, 0.3) is 0 Å². The number of aryl methyl sites for hydroxylation is 1. The first-order valence-corrected chi connectivity index (χ1v) is 9.06. The summed E-state index contributed by atoms with van der Waals surface area (Å²) in [6.07, 6.45) is -0.256. The number of carbonyl (C=O) groups excluding carboxylic acids is 2. The van der Waals surface area contributed by atoms with Crippen LogP contribution >= 0.6 is 0 Å². The SMILES string of the molecule is Cc1cc(C(=O)N(C)C)ccc1N1CCN(C(=O)OC(C)(C)C)[C@@H](C)C1. The highest BCUT2D eigenvalue weighted by molar-refractivity contribution is 5.94. The second-order valence-corrected chi connectivity index (χ2v) is 8.17. The van der Waals surface area contributed by atoms with Crippen LogP contribution < -0.4 is 4.90 Å². The molecule has 2 amide bonds. The van der Waals surface area contributed by atoms with E-state index in [4.69, 9.17) is 4.74 Å². The Morgan fingerprint density at radius 1 is 1.19 bits per heavy atom. The molecule has 1 heterocycles. The lowest BCUT2D eigenvalue weighted by molar-refractivity contribution is 0.0159. The maximum Gasteiger partial charge on any atom is 0.410 e. The van der Waals surface area contributed by atoms with Crippen LogP contribution in [0.3, 0.4) is 0 Å². The number of hydrogen-bond donors (Lipinski definition) is 0. The van der Waals surface area contributed by atoms with Crippen LogP contribution in [0.1, 0.15) is 43.6 Å². The molecule has 1 atom stereocenters. The second-order valence-electron chi connectivity index (χ2n) is 8.17. The number of ether oxygens (including phenoxy) is 1. The molecular weight excluding hydrogens is 330 g/mol. The van der Waals surface area contributed by atoms with Crippen LogP contribution in [-0.4, -0.2) is 67.2 Å². The van der Waals surface area contributed by atoms with Crippen LogP contribution in [0.15, 0.2) is 18.2 Å². The molecule has 2 rings (SSSR count). The Morgan fingerprint density at radius 3 is 2.35 bits per heavy atom. The smallest absolute Gasteiger partial charge is 0.410 e. The summed E-state index contributed by atoms with van der Waals surface area (Å²) in [6.45, 7) is 11.8. The minimum atomic E-state index is -0.487. The van der Waals surface area contributed by atoms with Crippen LogP contribution in [0, 0.1) is 6.92 Å². The Kier molecular flexibility index (Phi) is 5.84. The van der Waals surface area contributed by atoms with E-state index in [0.29, 0.717) is 12.1 Å². The van der Waals surface area contributed by atoms with Gasteiger partial charge in [0.25, 0.3) is 5.91 Å². The van der Waals surface area contributed by atoms with Crippen LogP contribution in [-0.2, 0) is 4.74 Å². The van der Waals surface area contributed by atoms with Gasteiger partial charge in [0.15, 0.2) is 0 Å². The molecule has 144 valence electrons. The van der Waals surface area contributed by atoms with Gasteiger partial charge in [-0.1, -0.05) is 0 Å². The van der Waals surface area contributed by atoms with E-state index in [1.165, 1.54) is 0 Å². The van der Waals surface area contributed by atoms with Crippen molar-refractivity contribution in [3.63, 3.8) is 0 Å². The van der Waals surface area contributed by atoms with E-state index in [2.05, 4.69) is 4.90 Å². The van der Waals surface area contributed by atoms with Crippen molar-refractivity contribution in [2.45, 2.75) is 46.3 Å². The van der Waals surface area contributed by atoms with E-state index in [9.17, 15) is 9.59 Å². The van der Waals surface area contributed by atoms with Gasteiger partial charge in [0.2, 0.25) is 0 Å². The summed E-state index contributed by atoms with van der Waals surface area (Å²) in [5, 5.41) is 0. The average molecular weight is 361 g/mol. The molecule has 1 aromatic rings. The molecule has 26 heavy (non-hydrogen) atoms. The topological polar surface area (TPSA) is 53.1 Å². The number of piperazine rings is 1. The van der Waals surface area contributed by atoms with E-state index in [1.807, 2.05) is 52.8 Å². The Morgan fingerprint density at radius 2 is 1.85 bits per heavy atom. The van der Waals surface area contributed by atoms with Gasteiger partial charge in [0.1, 0.15) is 5.60 Å². The zero-order valence-corrected chi connectivity index (χ0v) is 17.0. The molecule has 1 saturated heterocycles. The lowest BCUT2D eigenvalue weighted by Gasteiger charge is -2.41. The van der Waals surface area contributed by atoms with Crippen molar-refractivity contribution in [2.75, 3.05) is 38.6 Å². The second kappa shape index (κ2) is 7.56.